The van der Waals surface area contributed by atoms with Gasteiger partial charge in [-0.05, 0) is 32.4 Å². The highest BCUT2D eigenvalue weighted by atomic mass is 32.1. The van der Waals surface area contributed by atoms with Crippen LogP contribution in [0.4, 0.5) is 11.4 Å². The van der Waals surface area contributed by atoms with Gasteiger partial charge in [-0.25, -0.2) is 4.98 Å². The van der Waals surface area contributed by atoms with Gasteiger partial charge in [0.2, 0.25) is 5.91 Å². The predicted octanol–water partition coefficient (Wildman–Crippen LogP) is 2.09. The van der Waals surface area contributed by atoms with Crippen LogP contribution in [-0.4, -0.2) is 35.4 Å². The number of rotatable bonds is 2. The molecule has 2 aromatic rings. The number of aromatic nitrogens is 1. The van der Waals surface area contributed by atoms with E-state index in [4.69, 9.17) is 0 Å². The molecule has 24 heavy (non-hydrogen) atoms. The van der Waals surface area contributed by atoms with Crippen molar-refractivity contribution in [2.75, 3.05) is 16.8 Å². The standard InChI is InChI=1S/C17H18N4O2S/c1-9-15(24-10(2)18-9)17(23)19-11-7-14-16(22)20-12-5-3-4-6-13(12)21(14)8-11/h3-6,11,14H,7-8H2,1-2H3,(H,19,23)(H,20,22). The predicted molar refractivity (Wildman–Crippen MR) is 93.7 cm³/mol. The molecule has 2 unspecified atom stereocenters. The van der Waals surface area contributed by atoms with Crippen molar-refractivity contribution in [3.05, 3.63) is 39.8 Å². The van der Waals surface area contributed by atoms with Gasteiger partial charge in [-0.15, -0.1) is 11.3 Å². The number of aryl methyl sites for hydroxylation is 2. The summed E-state index contributed by atoms with van der Waals surface area (Å²) in [6.07, 6.45) is 0.614. The van der Waals surface area contributed by atoms with Gasteiger partial charge in [0.05, 0.1) is 22.1 Å². The molecule has 2 amide bonds. The minimum absolute atomic E-state index is 0.00438. The molecule has 6 nitrogen and oxygen atoms in total. The zero-order valence-corrected chi connectivity index (χ0v) is 14.3. The molecule has 1 fully saturated rings. The Morgan fingerprint density at radius 2 is 2.17 bits per heavy atom. The molecule has 0 spiro atoms. The van der Waals surface area contributed by atoms with Crippen LogP contribution in [0.5, 0.6) is 0 Å². The molecule has 4 rings (SSSR count). The number of carbonyl (C=O) groups is 2. The summed E-state index contributed by atoms with van der Waals surface area (Å²) in [5.74, 6) is -0.105. The van der Waals surface area contributed by atoms with Crippen molar-refractivity contribution in [2.24, 2.45) is 0 Å². The lowest BCUT2D eigenvalue weighted by atomic mass is 10.1. The maximum Gasteiger partial charge on any atom is 0.263 e. The first-order valence-corrected chi connectivity index (χ1v) is 8.76. The van der Waals surface area contributed by atoms with Crippen LogP contribution < -0.4 is 15.5 Å². The molecule has 1 aromatic heterocycles. The molecule has 1 saturated heterocycles. The molecule has 0 radical (unpaired) electrons. The molecule has 2 aliphatic heterocycles. The summed E-state index contributed by atoms with van der Waals surface area (Å²) in [7, 11) is 0. The van der Waals surface area contributed by atoms with Gasteiger partial charge in [-0.1, -0.05) is 12.1 Å². The fourth-order valence-electron chi connectivity index (χ4n) is 3.49. The first kappa shape index (κ1) is 15.1. The normalized spacial score (nSPS) is 21.9. The average molecular weight is 342 g/mol. The molecule has 7 heteroatoms. The Bertz CT molecular complexity index is 832. The number of amides is 2. The number of nitrogens with one attached hydrogen (secondary N) is 2. The third-order valence-electron chi connectivity index (χ3n) is 4.52. The SMILES string of the molecule is Cc1nc(C)c(C(=O)NC2CC3C(=O)Nc4ccccc4N3C2)s1. The number of anilines is 2. The second-order valence-electron chi connectivity index (χ2n) is 6.23. The van der Waals surface area contributed by atoms with Gasteiger partial charge in [-0.3, -0.25) is 9.59 Å². The Labute approximate surface area is 143 Å². The minimum atomic E-state index is -0.227. The summed E-state index contributed by atoms with van der Waals surface area (Å²) in [5, 5.41) is 6.90. The van der Waals surface area contributed by atoms with Gasteiger partial charge >= 0.3 is 0 Å². The van der Waals surface area contributed by atoms with Crippen LogP contribution in [0.3, 0.4) is 0 Å². The van der Waals surface area contributed by atoms with Crippen molar-refractivity contribution in [3.8, 4) is 0 Å². The second kappa shape index (κ2) is 5.59. The fraction of sp³-hybridized carbons (Fsp3) is 0.353. The zero-order valence-electron chi connectivity index (χ0n) is 13.5. The Hall–Kier alpha value is -2.41. The van der Waals surface area contributed by atoms with E-state index in [1.165, 1.54) is 11.3 Å². The van der Waals surface area contributed by atoms with E-state index in [1.807, 2.05) is 38.1 Å². The number of carbonyl (C=O) groups excluding carboxylic acids is 2. The fourth-order valence-corrected chi connectivity index (χ4v) is 4.32. The molecular formula is C17H18N4O2S. The molecular weight excluding hydrogens is 324 g/mol. The first-order chi connectivity index (χ1) is 11.5. The molecule has 0 aliphatic carbocycles. The van der Waals surface area contributed by atoms with E-state index in [-0.39, 0.29) is 23.9 Å². The lowest BCUT2D eigenvalue weighted by Gasteiger charge is -2.32. The number of thiazole rings is 1. The number of hydrogen-bond donors (Lipinski definition) is 2. The summed E-state index contributed by atoms with van der Waals surface area (Å²) >= 11 is 1.40. The summed E-state index contributed by atoms with van der Waals surface area (Å²) in [5.41, 5.74) is 2.61. The van der Waals surface area contributed by atoms with Crippen LogP contribution in [0.1, 0.15) is 26.8 Å². The quantitative estimate of drug-likeness (QED) is 0.876. The highest BCUT2D eigenvalue weighted by Crippen LogP contribution is 2.36. The number of nitrogens with zero attached hydrogens (tertiary/aromatic N) is 2. The van der Waals surface area contributed by atoms with Gasteiger partial charge in [-0.2, -0.15) is 0 Å². The number of para-hydroxylation sites is 2. The van der Waals surface area contributed by atoms with Crippen LogP contribution in [0.15, 0.2) is 24.3 Å². The highest BCUT2D eigenvalue weighted by Gasteiger charge is 2.41. The largest absolute Gasteiger partial charge is 0.356 e. The number of hydrogen-bond acceptors (Lipinski definition) is 5. The van der Waals surface area contributed by atoms with Crippen molar-refractivity contribution in [1.29, 1.82) is 0 Å². The topological polar surface area (TPSA) is 74.3 Å². The van der Waals surface area contributed by atoms with Gasteiger partial charge in [0.1, 0.15) is 10.9 Å². The van der Waals surface area contributed by atoms with Crippen LogP contribution in [0.2, 0.25) is 0 Å². The van der Waals surface area contributed by atoms with Gasteiger partial charge < -0.3 is 15.5 Å². The molecule has 124 valence electrons. The van der Waals surface area contributed by atoms with Gasteiger partial charge in [0.25, 0.3) is 5.91 Å². The van der Waals surface area contributed by atoms with E-state index in [0.29, 0.717) is 17.8 Å². The molecule has 2 N–H and O–H groups in total. The van der Waals surface area contributed by atoms with Crippen molar-refractivity contribution in [2.45, 2.75) is 32.4 Å². The van der Waals surface area contributed by atoms with Crippen LogP contribution >= 0.6 is 11.3 Å². The Balaban J connectivity index is 1.53. The molecule has 0 saturated carbocycles. The Morgan fingerprint density at radius 3 is 2.92 bits per heavy atom. The molecule has 0 bridgehead atoms. The first-order valence-electron chi connectivity index (χ1n) is 7.94. The third-order valence-corrected chi connectivity index (χ3v) is 5.59. The maximum absolute atomic E-state index is 12.5. The van der Waals surface area contributed by atoms with Crippen LogP contribution in [0.25, 0.3) is 0 Å². The maximum atomic E-state index is 12.5. The number of fused-ring (bicyclic) bond motifs is 3. The van der Waals surface area contributed by atoms with Crippen molar-refractivity contribution in [3.63, 3.8) is 0 Å². The van der Waals surface area contributed by atoms with Crippen LogP contribution in [0, 0.1) is 13.8 Å². The molecule has 3 heterocycles. The van der Waals surface area contributed by atoms with E-state index >= 15 is 0 Å². The van der Waals surface area contributed by atoms with Crippen molar-refractivity contribution in [1.82, 2.24) is 10.3 Å². The smallest absolute Gasteiger partial charge is 0.263 e. The summed E-state index contributed by atoms with van der Waals surface area (Å²) in [4.78, 5) is 31.9. The second-order valence-corrected chi connectivity index (χ2v) is 7.43. The molecule has 2 aliphatic rings. The minimum Gasteiger partial charge on any atom is -0.356 e. The van der Waals surface area contributed by atoms with Crippen molar-refractivity contribution >= 4 is 34.5 Å². The van der Waals surface area contributed by atoms with E-state index in [0.717, 1.165) is 22.1 Å². The lowest BCUT2D eigenvalue weighted by Crippen LogP contribution is -2.44. The highest BCUT2D eigenvalue weighted by molar-refractivity contribution is 7.13. The summed E-state index contributed by atoms with van der Waals surface area (Å²) in [6.45, 7) is 4.38. The monoisotopic (exact) mass is 342 g/mol. The van der Waals surface area contributed by atoms with Crippen molar-refractivity contribution < 1.29 is 9.59 Å². The Morgan fingerprint density at radius 1 is 1.38 bits per heavy atom. The molecule has 1 aromatic carbocycles. The third kappa shape index (κ3) is 2.45. The van der Waals surface area contributed by atoms with Crippen LogP contribution in [-0.2, 0) is 4.79 Å². The average Bonchev–Trinajstić information content (AvgIpc) is 3.11. The number of benzene rings is 1. The van der Waals surface area contributed by atoms with E-state index in [9.17, 15) is 9.59 Å². The van der Waals surface area contributed by atoms with Gasteiger partial charge in [0, 0.05) is 12.6 Å². The zero-order chi connectivity index (χ0) is 16.8. The summed E-state index contributed by atoms with van der Waals surface area (Å²) < 4.78 is 0. The van der Waals surface area contributed by atoms with Gasteiger partial charge in [0.15, 0.2) is 0 Å². The Kier molecular flexibility index (Phi) is 3.53. The summed E-state index contributed by atoms with van der Waals surface area (Å²) in [6, 6.07) is 7.49. The lowest BCUT2D eigenvalue weighted by molar-refractivity contribution is -0.117. The molecule has 2 atom stereocenters. The van der Waals surface area contributed by atoms with E-state index in [2.05, 4.69) is 20.5 Å². The van der Waals surface area contributed by atoms with E-state index < -0.39 is 0 Å². The van der Waals surface area contributed by atoms with E-state index in [1.54, 1.807) is 0 Å².